The van der Waals surface area contributed by atoms with Crippen LogP contribution in [0.2, 0.25) is 10.0 Å². The van der Waals surface area contributed by atoms with Crippen LogP contribution in [0.15, 0.2) is 103 Å². The molecule has 7 rings (SSSR count). The fourth-order valence-electron chi connectivity index (χ4n) is 6.77. The minimum Gasteiger partial charge on any atom is -0.352 e. The summed E-state index contributed by atoms with van der Waals surface area (Å²) in [6.07, 6.45) is 3.91. The summed E-state index contributed by atoms with van der Waals surface area (Å²) in [5.74, 6) is -2.14. The van der Waals surface area contributed by atoms with Gasteiger partial charge >= 0.3 is 0 Å². The third kappa shape index (κ3) is 3.31. The lowest BCUT2D eigenvalue weighted by molar-refractivity contribution is -0.121. The van der Waals surface area contributed by atoms with Gasteiger partial charge in [0.25, 0.3) is 0 Å². The second-order valence-corrected chi connectivity index (χ2v) is 11.1. The molecule has 0 unspecified atom stereocenters. The van der Waals surface area contributed by atoms with Gasteiger partial charge in [-0.1, -0.05) is 96.0 Å². The highest BCUT2D eigenvalue weighted by atomic mass is 35.5. The van der Waals surface area contributed by atoms with E-state index < -0.39 is 23.4 Å². The number of nitrogens with one attached hydrogen (secondary N) is 1. The number of hydrogen-bond acceptors (Lipinski definition) is 4. The molecule has 1 amide bonds. The fourth-order valence-corrected chi connectivity index (χ4v) is 7.23. The third-order valence-corrected chi connectivity index (χ3v) is 9.03. The van der Waals surface area contributed by atoms with Crippen LogP contribution in [0.3, 0.4) is 0 Å². The maximum absolute atomic E-state index is 14.8. The van der Waals surface area contributed by atoms with Gasteiger partial charge in [-0.05, 0) is 47.5 Å². The average molecular weight is 565 g/mol. The predicted octanol–water partition coefficient (Wildman–Crippen LogP) is 6.85. The number of ketones is 2. The topological polar surface area (TPSA) is 66.5 Å². The molecule has 3 aliphatic rings. The van der Waals surface area contributed by atoms with Crippen molar-refractivity contribution >= 4 is 58.1 Å². The number of amides is 1. The quantitative estimate of drug-likeness (QED) is 0.275. The van der Waals surface area contributed by atoms with Crippen molar-refractivity contribution < 1.29 is 14.4 Å². The Labute approximate surface area is 241 Å². The third-order valence-electron chi connectivity index (χ3n) is 8.37. The van der Waals surface area contributed by atoms with Crippen LogP contribution in [-0.4, -0.2) is 29.6 Å². The number of anilines is 2. The fraction of sp³-hybridized carbons (Fsp3) is 0.121. The molecule has 0 aliphatic carbocycles. The molecular formula is C33H22Cl2N2O3. The van der Waals surface area contributed by atoms with Crippen molar-refractivity contribution in [2.75, 3.05) is 10.2 Å². The van der Waals surface area contributed by atoms with Gasteiger partial charge in [0.2, 0.25) is 5.91 Å². The number of rotatable bonds is 4. The van der Waals surface area contributed by atoms with E-state index in [1.165, 1.54) is 0 Å². The highest BCUT2D eigenvalue weighted by molar-refractivity contribution is 6.35. The van der Waals surface area contributed by atoms with Gasteiger partial charge < -0.3 is 10.2 Å². The van der Waals surface area contributed by atoms with Crippen LogP contribution in [0.4, 0.5) is 11.4 Å². The van der Waals surface area contributed by atoms with E-state index in [0.717, 1.165) is 11.3 Å². The zero-order valence-corrected chi connectivity index (χ0v) is 22.6. The number of fused-ring (bicyclic) bond motifs is 6. The summed E-state index contributed by atoms with van der Waals surface area (Å²) in [5, 5.41) is 3.57. The summed E-state index contributed by atoms with van der Waals surface area (Å²) in [6, 6.07) is 27.0. The first-order valence-corrected chi connectivity index (χ1v) is 13.7. The van der Waals surface area contributed by atoms with Crippen molar-refractivity contribution in [1.29, 1.82) is 0 Å². The number of Topliss-reactive ketones (excluding diaryl/α,β-unsaturated/α-hetero) is 2. The van der Waals surface area contributed by atoms with Crippen LogP contribution in [0.25, 0.3) is 6.08 Å². The van der Waals surface area contributed by atoms with Crippen LogP contribution in [-0.2, 0) is 10.2 Å². The van der Waals surface area contributed by atoms with E-state index in [2.05, 4.69) is 5.32 Å². The molecule has 4 aromatic carbocycles. The number of carbonyl (C=O) groups excluding carboxylic acids is 3. The van der Waals surface area contributed by atoms with Crippen molar-refractivity contribution in [2.45, 2.75) is 17.5 Å². The van der Waals surface area contributed by atoms with Gasteiger partial charge in [-0.3, -0.25) is 14.4 Å². The molecule has 1 N–H and O–H groups in total. The highest BCUT2D eigenvalue weighted by Gasteiger charge is 2.70. The van der Waals surface area contributed by atoms with Crippen LogP contribution in [0.1, 0.15) is 31.8 Å². The Balaban J connectivity index is 1.56. The number of halogens is 2. The lowest BCUT2D eigenvalue weighted by Gasteiger charge is -2.37. The molecule has 4 atom stereocenters. The first kappa shape index (κ1) is 24.8. The molecule has 0 aromatic heterocycles. The monoisotopic (exact) mass is 564 g/mol. The van der Waals surface area contributed by atoms with Gasteiger partial charge in [0.15, 0.2) is 11.6 Å². The summed E-state index contributed by atoms with van der Waals surface area (Å²) < 4.78 is 0. The molecule has 4 aromatic rings. The van der Waals surface area contributed by atoms with E-state index >= 15 is 0 Å². The van der Waals surface area contributed by atoms with Crippen molar-refractivity contribution in [3.05, 3.63) is 135 Å². The summed E-state index contributed by atoms with van der Waals surface area (Å²) in [4.78, 5) is 45.7. The molecule has 5 nitrogen and oxygen atoms in total. The lowest BCUT2D eigenvalue weighted by atomic mass is 9.64. The second kappa shape index (κ2) is 9.19. The van der Waals surface area contributed by atoms with E-state index in [1.807, 2.05) is 65.6 Å². The highest BCUT2D eigenvalue weighted by Crippen LogP contribution is 2.58. The van der Waals surface area contributed by atoms with Crippen molar-refractivity contribution in [2.24, 2.45) is 5.92 Å². The molecule has 7 heteroatoms. The zero-order chi connectivity index (χ0) is 27.6. The molecule has 0 radical (unpaired) electrons. The molecule has 1 spiro atoms. The largest absolute Gasteiger partial charge is 0.352 e. The minimum atomic E-state index is -1.40. The Morgan fingerprint density at radius 1 is 0.750 bits per heavy atom. The van der Waals surface area contributed by atoms with Crippen LogP contribution >= 0.6 is 23.2 Å². The van der Waals surface area contributed by atoms with Gasteiger partial charge in [0.05, 0.1) is 22.0 Å². The smallest absolute Gasteiger partial charge is 0.238 e. The molecule has 0 saturated carbocycles. The molecule has 0 bridgehead atoms. The van der Waals surface area contributed by atoms with E-state index in [0.29, 0.717) is 16.8 Å². The van der Waals surface area contributed by atoms with Crippen LogP contribution in [0, 0.1) is 5.92 Å². The first-order chi connectivity index (χ1) is 19.4. The predicted molar refractivity (Wildman–Crippen MR) is 157 cm³/mol. The second-order valence-electron chi connectivity index (χ2n) is 10.2. The van der Waals surface area contributed by atoms with Gasteiger partial charge in [-0.2, -0.15) is 0 Å². The minimum absolute atomic E-state index is 0.263. The normalized spacial score (nSPS) is 23.9. The number of hydrogen-bond donors (Lipinski definition) is 1. The first-order valence-electron chi connectivity index (χ1n) is 13.0. The van der Waals surface area contributed by atoms with E-state index in [4.69, 9.17) is 23.2 Å². The van der Waals surface area contributed by atoms with Crippen LogP contribution < -0.4 is 10.2 Å². The molecular weight excluding hydrogens is 543 g/mol. The Morgan fingerprint density at radius 3 is 2.08 bits per heavy atom. The number of carbonyl (C=O) groups is 3. The summed E-state index contributed by atoms with van der Waals surface area (Å²) >= 11 is 13.1. The van der Waals surface area contributed by atoms with Crippen molar-refractivity contribution in [1.82, 2.24) is 0 Å². The molecule has 40 heavy (non-hydrogen) atoms. The standard InChI is InChI=1S/C33H22Cl2N2O3/c34-23-13-5-2-10-20(23)30(38)28-29(31(39)21-11-3-6-14-24(21)35)37-26-16-8-1-9-19(26)17-18-27(37)33(28)22-12-4-7-15-25(22)36-32(33)40/h1-18,27-29H,(H,36,40)/t27-,28-,29+,33+/m1/s1. The Kier molecular flexibility index (Phi) is 5.70. The summed E-state index contributed by atoms with van der Waals surface area (Å²) in [7, 11) is 0. The number of benzene rings is 4. The van der Waals surface area contributed by atoms with E-state index in [1.54, 1.807) is 48.5 Å². The van der Waals surface area contributed by atoms with E-state index in [9.17, 15) is 14.4 Å². The number of para-hydroxylation sites is 2. The van der Waals surface area contributed by atoms with Gasteiger partial charge in [0.1, 0.15) is 11.5 Å². The van der Waals surface area contributed by atoms with Gasteiger partial charge in [0, 0.05) is 22.5 Å². The summed E-state index contributed by atoms with van der Waals surface area (Å²) in [6.45, 7) is 0. The molecule has 1 saturated heterocycles. The maximum atomic E-state index is 14.8. The van der Waals surface area contributed by atoms with E-state index in [-0.39, 0.29) is 33.1 Å². The van der Waals surface area contributed by atoms with Gasteiger partial charge in [-0.25, -0.2) is 0 Å². The average Bonchev–Trinajstić information content (AvgIpc) is 3.45. The van der Waals surface area contributed by atoms with Gasteiger partial charge in [-0.15, -0.1) is 0 Å². The molecule has 196 valence electrons. The Hall–Kier alpha value is -4.19. The lowest BCUT2D eigenvalue weighted by Crippen LogP contribution is -2.51. The zero-order valence-electron chi connectivity index (χ0n) is 21.1. The number of nitrogens with zero attached hydrogens (tertiary/aromatic N) is 1. The molecule has 1 fully saturated rings. The summed E-state index contributed by atoms with van der Waals surface area (Å²) in [5.41, 5.74) is 2.12. The van der Waals surface area contributed by atoms with Crippen molar-refractivity contribution in [3.63, 3.8) is 0 Å². The molecule has 3 heterocycles. The Morgan fingerprint density at radius 2 is 1.35 bits per heavy atom. The maximum Gasteiger partial charge on any atom is 0.238 e. The van der Waals surface area contributed by atoms with Crippen LogP contribution in [0.5, 0.6) is 0 Å². The van der Waals surface area contributed by atoms with Crippen molar-refractivity contribution in [3.8, 4) is 0 Å². The molecule has 3 aliphatic heterocycles. The SMILES string of the molecule is O=C(c1ccccc1Cl)[C@@H]1[C@H](C(=O)c2ccccc2Cl)[C@@]2(C(=O)Nc3ccccc32)[C@H]2C=Cc3ccccc3N12. The Bertz CT molecular complexity index is 1770.